The zero-order valence-electron chi connectivity index (χ0n) is 18.5. The summed E-state index contributed by atoms with van der Waals surface area (Å²) >= 11 is 0. The van der Waals surface area contributed by atoms with Gasteiger partial charge in [-0.2, -0.15) is 0 Å². The van der Waals surface area contributed by atoms with Gasteiger partial charge >= 0.3 is 0 Å². The molecule has 2 heterocycles. The molecule has 2 aromatic rings. The van der Waals surface area contributed by atoms with Gasteiger partial charge in [-0.25, -0.2) is 18.0 Å². The minimum atomic E-state index is -3.99. The van der Waals surface area contributed by atoms with Gasteiger partial charge in [0.15, 0.2) is 0 Å². The molecule has 2 aromatic carbocycles. The predicted octanol–water partition coefficient (Wildman–Crippen LogP) is 3.24. The Morgan fingerprint density at radius 3 is 2.44 bits per heavy atom. The molecule has 1 atom stereocenters. The molecule has 0 bridgehead atoms. The molecule has 2 aliphatic rings. The van der Waals surface area contributed by atoms with E-state index in [1.807, 2.05) is 39.0 Å². The van der Waals surface area contributed by atoms with Gasteiger partial charge in [0.05, 0.1) is 23.7 Å². The number of amides is 2. The van der Waals surface area contributed by atoms with Gasteiger partial charge < -0.3 is 9.47 Å². The number of hydrogen-bond acceptors (Lipinski definition) is 6. The SMILES string of the molecule is COc1ccc(S(=O)(=O)N[C@H]2CC(C)(C)Oc3ccc(C)cc32)cc1N1C(=O)CCC1=O. The molecule has 2 aliphatic heterocycles. The lowest BCUT2D eigenvalue weighted by Gasteiger charge is -2.38. The Morgan fingerprint density at radius 2 is 1.78 bits per heavy atom. The van der Waals surface area contributed by atoms with Gasteiger partial charge in [0.25, 0.3) is 0 Å². The van der Waals surface area contributed by atoms with Crippen LogP contribution in [-0.2, 0) is 19.6 Å². The molecule has 0 spiro atoms. The Morgan fingerprint density at radius 1 is 1.09 bits per heavy atom. The highest BCUT2D eigenvalue weighted by atomic mass is 32.2. The summed E-state index contributed by atoms with van der Waals surface area (Å²) in [5.74, 6) is 0.127. The van der Waals surface area contributed by atoms with Gasteiger partial charge in [0.2, 0.25) is 21.8 Å². The molecule has 4 rings (SSSR count). The highest BCUT2D eigenvalue weighted by Gasteiger charge is 2.37. The fourth-order valence-corrected chi connectivity index (χ4v) is 5.43. The number of sulfonamides is 1. The second-order valence-corrected chi connectivity index (χ2v) is 10.5. The Labute approximate surface area is 187 Å². The molecule has 2 amide bonds. The van der Waals surface area contributed by atoms with Crippen molar-refractivity contribution >= 4 is 27.5 Å². The predicted molar refractivity (Wildman–Crippen MR) is 118 cm³/mol. The summed E-state index contributed by atoms with van der Waals surface area (Å²) in [6, 6.07) is 9.35. The van der Waals surface area contributed by atoms with Crippen LogP contribution >= 0.6 is 0 Å². The van der Waals surface area contributed by atoms with Gasteiger partial charge in [-0.3, -0.25) is 9.59 Å². The van der Waals surface area contributed by atoms with Crippen molar-refractivity contribution in [3.63, 3.8) is 0 Å². The van der Waals surface area contributed by atoms with Gasteiger partial charge in [-0.1, -0.05) is 17.7 Å². The molecular formula is C23H26N2O6S. The number of carbonyl (C=O) groups is 2. The Kier molecular flexibility index (Phi) is 5.50. The molecule has 9 heteroatoms. The van der Waals surface area contributed by atoms with E-state index in [9.17, 15) is 18.0 Å². The molecule has 32 heavy (non-hydrogen) atoms. The van der Waals surface area contributed by atoms with E-state index in [-0.39, 0.29) is 41.0 Å². The van der Waals surface area contributed by atoms with Crippen molar-refractivity contribution in [2.24, 2.45) is 0 Å². The molecule has 1 saturated heterocycles. The van der Waals surface area contributed by atoms with Crippen molar-refractivity contribution in [3.05, 3.63) is 47.5 Å². The lowest BCUT2D eigenvalue weighted by Crippen LogP contribution is -2.41. The summed E-state index contributed by atoms with van der Waals surface area (Å²) in [7, 11) is -2.59. The third-order valence-electron chi connectivity index (χ3n) is 5.67. The third kappa shape index (κ3) is 4.10. The Hall–Kier alpha value is -2.91. The molecule has 0 radical (unpaired) electrons. The van der Waals surface area contributed by atoms with E-state index in [2.05, 4.69) is 4.72 Å². The quantitative estimate of drug-likeness (QED) is 0.690. The van der Waals surface area contributed by atoms with Crippen molar-refractivity contribution in [2.75, 3.05) is 12.0 Å². The van der Waals surface area contributed by atoms with Crippen LogP contribution in [0.5, 0.6) is 11.5 Å². The molecule has 0 saturated carbocycles. The highest BCUT2D eigenvalue weighted by Crippen LogP contribution is 2.41. The van der Waals surface area contributed by atoms with Gasteiger partial charge in [-0.15, -0.1) is 0 Å². The number of imide groups is 1. The minimum Gasteiger partial charge on any atom is -0.495 e. The maximum absolute atomic E-state index is 13.4. The number of ether oxygens (including phenoxy) is 2. The van der Waals surface area contributed by atoms with Gasteiger partial charge in [0.1, 0.15) is 17.1 Å². The average molecular weight is 459 g/mol. The first-order valence-electron chi connectivity index (χ1n) is 10.4. The second kappa shape index (κ2) is 7.90. The highest BCUT2D eigenvalue weighted by molar-refractivity contribution is 7.89. The van der Waals surface area contributed by atoms with E-state index in [0.717, 1.165) is 16.0 Å². The lowest BCUT2D eigenvalue weighted by molar-refractivity contribution is -0.121. The van der Waals surface area contributed by atoms with Crippen LogP contribution in [0, 0.1) is 6.92 Å². The molecule has 0 aromatic heterocycles. The summed E-state index contributed by atoms with van der Waals surface area (Å²) in [6.45, 7) is 5.76. The first kappa shape index (κ1) is 22.3. The van der Waals surface area contributed by atoms with E-state index >= 15 is 0 Å². The maximum Gasteiger partial charge on any atom is 0.241 e. The van der Waals surface area contributed by atoms with E-state index in [4.69, 9.17) is 9.47 Å². The van der Waals surface area contributed by atoms with Crippen molar-refractivity contribution < 1.29 is 27.5 Å². The van der Waals surface area contributed by atoms with Crippen LogP contribution < -0.4 is 19.1 Å². The number of benzene rings is 2. The summed E-state index contributed by atoms with van der Waals surface area (Å²) in [5, 5.41) is 0. The number of aryl methyl sites for hydroxylation is 1. The van der Waals surface area contributed by atoms with Crippen molar-refractivity contribution in [2.45, 2.75) is 56.6 Å². The number of nitrogens with one attached hydrogen (secondary N) is 1. The standard InChI is InChI=1S/C23H26N2O6S/c1-14-5-7-19-16(11-14)17(13-23(2,3)31-19)24-32(28,29)15-6-8-20(30-4)18(12-15)25-21(26)9-10-22(25)27/h5-8,11-12,17,24H,9-10,13H2,1-4H3/t17-/m0/s1. The fourth-order valence-electron chi connectivity index (χ4n) is 4.19. The molecule has 8 nitrogen and oxygen atoms in total. The molecular weight excluding hydrogens is 432 g/mol. The monoisotopic (exact) mass is 458 g/mol. The van der Waals surface area contributed by atoms with Crippen LogP contribution in [-0.4, -0.2) is 32.9 Å². The van der Waals surface area contributed by atoms with Crippen LogP contribution in [0.15, 0.2) is 41.3 Å². The summed E-state index contributed by atoms with van der Waals surface area (Å²) < 4.78 is 40.8. The zero-order chi connectivity index (χ0) is 23.3. The van der Waals surface area contributed by atoms with Crippen LogP contribution in [0.3, 0.4) is 0 Å². The van der Waals surface area contributed by atoms with Crippen LogP contribution in [0.4, 0.5) is 5.69 Å². The number of nitrogens with zero attached hydrogens (tertiary/aromatic N) is 1. The summed E-state index contributed by atoms with van der Waals surface area (Å²) in [5.41, 5.74) is 1.33. The van der Waals surface area contributed by atoms with Crippen LogP contribution in [0.1, 0.15) is 50.3 Å². The van der Waals surface area contributed by atoms with E-state index in [1.54, 1.807) is 0 Å². The van der Waals surface area contributed by atoms with E-state index in [0.29, 0.717) is 12.2 Å². The summed E-state index contributed by atoms with van der Waals surface area (Å²) in [4.78, 5) is 25.4. The number of methoxy groups -OCH3 is 1. The number of hydrogen-bond donors (Lipinski definition) is 1. The summed E-state index contributed by atoms with van der Waals surface area (Å²) in [6.07, 6.45) is 0.615. The van der Waals surface area contributed by atoms with Crippen LogP contribution in [0.25, 0.3) is 0 Å². The number of anilines is 1. The van der Waals surface area contributed by atoms with Gasteiger partial charge in [-0.05, 0) is 45.0 Å². The minimum absolute atomic E-state index is 0.0562. The van der Waals surface area contributed by atoms with Gasteiger partial charge in [0, 0.05) is 24.8 Å². The average Bonchev–Trinajstić information content (AvgIpc) is 3.05. The van der Waals surface area contributed by atoms with E-state index < -0.39 is 21.7 Å². The normalized spacial score (nSPS) is 20.1. The number of fused-ring (bicyclic) bond motifs is 1. The lowest BCUT2D eigenvalue weighted by atomic mass is 9.89. The second-order valence-electron chi connectivity index (χ2n) is 8.74. The number of carbonyl (C=O) groups excluding carboxylic acids is 2. The first-order valence-corrected chi connectivity index (χ1v) is 11.8. The first-order chi connectivity index (χ1) is 15.0. The zero-order valence-corrected chi connectivity index (χ0v) is 19.3. The maximum atomic E-state index is 13.4. The van der Waals surface area contributed by atoms with Crippen molar-refractivity contribution in [1.29, 1.82) is 0 Å². The topological polar surface area (TPSA) is 102 Å². The van der Waals surface area contributed by atoms with E-state index in [1.165, 1.54) is 25.3 Å². The molecule has 0 unspecified atom stereocenters. The molecule has 1 N–H and O–H groups in total. The van der Waals surface area contributed by atoms with Crippen molar-refractivity contribution in [1.82, 2.24) is 4.72 Å². The molecule has 170 valence electrons. The van der Waals surface area contributed by atoms with Crippen LogP contribution in [0.2, 0.25) is 0 Å². The fraction of sp³-hybridized carbons (Fsp3) is 0.391. The van der Waals surface area contributed by atoms with Crippen molar-refractivity contribution in [3.8, 4) is 11.5 Å². The molecule has 1 fully saturated rings. The molecule has 0 aliphatic carbocycles. The largest absolute Gasteiger partial charge is 0.495 e. The Bertz CT molecular complexity index is 1190. The number of rotatable bonds is 5. The Balaban J connectivity index is 1.72. The third-order valence-corrected chi connectivity index (χ3v) is 7.14. The smallest absolute Gasteiger partial charge is 0.241 e.